The highest BCUT2D eigenvalue weighted by molar-refractivity contribution is 7.13. The number of hydrogen-bond acceptors (Lipinski definition) is 3. The highest BCUT2D eigenvalue weighted by Crippen LogP contribution is 2.26. The standard InChI is InChI=1S/C18H23N3OS/c1-14-7-3-4-8-16(14)17-20-15(13-23-17)9-10-19-18(22)21-11-5-2-6-12-21/h3-4,7-8,13H,2,5-6,9-12H2,1H3,(H,19,22). The second-order valence-electron chi connectivity index (χ2n) is 5.99. The molecule has 23 heavy (non-hydrogen) atoms. The quantitative estimate of drug-likeness (QED) is 0.926. The first-order chi connectivity index (χ1) is 11.2. The van der Waals surface area contributed by atoms with Gasteiger partial charge in [-0.2, -0.15) is 0 Å². The molecule has 2 amide bonds. The molecule has 1 aliphatic rings. The van der Waals surface area contributed by atoms with Gasteiger partial charge in [-0.05, 0) is 31.7 Å². The van der Waals surface area contributed by atoms with Crippen LogP contribution in [-0.4, -0.2) is 35.5 Å². The Balaban J connectivity index is 1.51. The largest absolute Gasteiger partial charge is 0.338 e. The van der Waals surface area contributed by atoms with Crippen LogP contribution in [0.2, 0.25) is 0 Å². The first kappa shape index (κ1) is 16.0. The van der Waals surface area contributed by atoms with Crippen molar-refractivity contribution < 1.29 is 4.79 Å². The maximum absolute atomic E-state index is 12.1. The summed E-state index contributed by atoms with van der Waals surface area (Å²) in [4.78, 5) is 18.7. The van der Waals surface area contributed by atoms with Gasteiger partial charge in [0.1, 0.15) is 5.01 Å². The lowest BCUT2D eigenvalue weighted by Gasteiger charge is -2.26. The summed E-state index contributed by atoms with van der Waals surface area (Å²) >= 11 is 1.67. The van der Waals surface area contributed by atoms with Crippen molar-refractivity contribution in [3.8, 4) is 10.6 Å². The average Bonchev–Trinajstić information content (AvgIpc) is 3.04. The van der Waals surface area contributed by atoms with Gasteiger partial charge >= 0.3 is 6.03 Å². The smallest absolute Gasteiger partial charge is 0.317 e. The molecule has 2 aromatic rings. The second kappa shape index (κ2) is 7.59. The van der Waals surface area contributed by atoms with Crippen LogP contribution in [0.25, 0.3) is 10.6 Å². The van der Waals surface area contributed by atoms with Gasteiger partial charge in [0.25, 0.3) is 0 Å². The SMILES string of the molecule is Cc1ccccc1-c1nc(CCNC(=O)N2CCCCC2)cs1. The molecule has 2 heterocycles. The number of carbonyl (C=O) groups is 1. The van der Waals surface area contributed by atoms with Crippen LogP contribution >= 0.6 is 11.3 Å². The van der Waals surface area contributed by atoms with E-state index in [2.05, 4.69) is 29.8 Å². The molecular weight excluding hydrogens is 306 g/mol. The number of carbonyl (C=O) groups excluding carboxylic acids is 1. The van der Waals surface area contributed by atoms with Crippen LogP contribution in [0.1, 0.15) is 30.5 Å². The van der Waals surface area contributed by atoms with Crippen LogP contribution in [0.5, 0.6) is 0 Å². The summed E-state index contributed by atoms with van der Waals surface area (Å²) in [7, 11) is 0. The molecule has 0 atom stereocenters. The van der Waals surface area contributed by atoms with E-state index >= 15 is 0 Å². The van der Waals surface area contributed by atoms with Crippen molar-refractivity contribution in [3.05, 3.63) is 40.9 Å². The molecule has 0 bridgehead atoms. The molecule has 1 saturated heterocycles. The number of thiazole rings is 1. The van der Waals surface area contributed by atoms with Gasteiger partial charge in [-0.15, -0.1) is 11.3 Å². The summed E-state index contributed by atoms with van der Waals surface area (Å²) in [6.45, 7) is 4.53. The number of benzene rings is 1. The van der Waals surface area contributed by atoms with Gasteiger partial charge in [0.2, 0.25) is 0 Å². The maximum Gasteiger partial charge on any atom is 0.317 e. The predicted molar refractivity (Wildman–Crippen MR) is 94.8 cm³/mol. The summed E-state index contributed by atoms with van der Waals surface area (Å²) in [5.41, 5.74) is 3.49. The average molecular weight is 329 g/mol. The van der Waals surface area contributed by atoms with Crippen LogP contribution in [0.15, 0.2) is 29.6 Å². The molecule has 0 spiro atoms. The van der Waals surface area contributed by atoms with Gasteiger partial charge in [-0.3, -0.25) is 0 Å². The summed E-state index contributed by atoms with van der Waals surface area (Å²) in [5, 5.41) is 6.16. The summed E-state index contributed by atoms with van der Waals surface area (Å²) in [6, 6.07) is 8.37. The van der Waals surface area contributed by atoms with Crippen LogP contribution in [0.3, 0.4) is 0 Å². The molecule has 0 aliphatic carbocycles. The van der Waals surface area contributed by atoms with Gasteiger partial charge < -0.3 is 10.2 Å². The highest BCUT2D eigenvalue weighted by atomic mass is 32.1. The number of aromatic nitrogens is 1. The van der Waals surface area contributed by atoms with Gasteiger partial charge in [0.15, 0.2) is 0 Å². The van der Waals surface area contributed by atoms with Crippen molar-refractivity contribution in [1.82, 2.24) is 15.2 Å². The Morgan fingerprint density at radius 1 is 1.26 bits per heavy atom. The minimum atomic E-state index is 0.0686. The lowest BCUT2D eigenvalue weighted by Crippen LogP contribution is -2.43. The molecular formula is C18H23N3OS. The molecule has 4 nitrogen and oxygen atoms in total. The fraction of sp³-hybridized carbons (Fsp3) is 0.444. The molecule has 0 radical (unpaired) electrons. The molecule has 1 N–H and O–H groups in total. The minimum absolute atomic E-state index is 0.0686. The molecule has 1 aliphatic heterocycles. The third kappa shape index (κ3) is 4.10. The van der Waals surface area contributed by atoms with E-state index in [1.807, 2.05) is 17.0 Å². The minimum Gasteiger partial charge on any atom is -0.338 e. The summed E-state index contributed by atoms with van der Waals surface area (Å²) in [6.07, 6.45) is 4.27. The number of likely N-dealkylation sites (tertiary alicyclic amines) is 1. The van der Waals surface area contributed by atoms with Crippen molar-refractivity contribution in [2.45, 2.75) is 32.6 Å². The van der Waals surface area contributed by atoms with E-state index < -0.39 is 0 Å². The van der Waals surface area contributed by atoms with Crippen LogP contribution in [-0.2, 0) is 6.42 Å². The summed E-state index contributed by atoms with van der Waals surface area (Å²) in [5.74, 6) is 0. The van der Waals surface area contributed by atoms with Gasteiger partial charge in [0, 0.05) is 37.0 Å². The first-order valence-electron chi connectivity index (χ1n) is 8.27. The molecule has 122 valence electrons. The van der Waals surface area contributed by atoms with E-state index in [9.17, 15) is 4.79 Å². The van der Waals surface area contributed by atoms with Crippen LogP contribution in [0.4, 0.5) is 4.79 Å². The zero-order chi connectivity index (χ0) is 16.1. The third-order valence-corrected chi connectivity index (χ3v) is 5.15. The maximum atomic E-state index is 12.1. The predicted octanol–water partition coefficient (Wildman–Crippen LogP) is 3.86. The second-order valence-corrected chi connectivity index (χ2v) is 6.85. The van der Waals surface area contributed by atoms with E-state index in [0.717, 1.165) is 43.1 Å². The topological polar surface area (TPSA) is 45.2 Å². The van der Waals surface area contributed by atoms with Crippen molar-refractivity contribution in [3.63, 3.8) is 0 Å². The zero-order valence-electron chi connectivity index (χ0n) is 13.5. The Morgan fingerprint density at radius 3 is 2.83 bits per heavy atom. The number of aryl methyl sites for hydroxylation is 1. The number of rotatable bonds is 4. The highest BCUT2D eigenvalue weighted by Gasteiger charge is 2.15. The van der Waals surface area contributed by atoms with Crippen LogP contribution in [0, 0.1) is 6.92 Å². The fourth-order valence-electron chi connectivity index (χ4n) is 2.86. The number of nitrogens with one attached hydrogen (secondary N) is 1. The monoisotopic (exact) mass is 329 g/mol. The summed E-state index contributed by atoms with van der Waals surface area (Å²) < 4.78 is 0. The normalized spacial score (nSPS) is 14.7. The zero-order valence-corrected chi connectivity index (χ0v) is 14.4. The third-order valence-electron chi connectivity index (χ3n) is 4.23. The van der Waals surface area contributed by atoms with E-state index in [4.69, 9.17) is 4.98 Å². The molecule has 1 fully saturated rings. The Morgan fingerprint density at radius 2 is 2.04 bits per heavy atom. The molecule has 3 rings (SSSR count). The van der Waals surface area contributed by atoms with Crippen molar-refractivity contribution in [2.24, 2.45) is 0 Å². The Bertz CT molecular complexity index is 662. The molecule has 1 aromatic heterocycles. The van der Waals surface area contributed by atoms with Crippen molar-refractivity contribution >= 4 is 17.4 Å². The fourth-order valence-corrected chi connectivity index (χ4v) is 3.81. The van der Waals surface area contributed by atoms with E-state index in [1.165, 1.54) is 17.5 Å². The van der Waals surface area contributed by atoms with Crippen molar-refractivity contribution in [1.29, 1.82) is 0 Å². The molecule has 0 saturated carbocycles. The molecule has 5 heteroatoms. The number of hydrogen-bond donors (Lipinski definition) is 1. The number of amides is 2. The first-order valence-corrected chi connectivity index (χ1v) is 9.15. The Hall–Kier alpha value is -1.88. The number of piperidine rings is 1. The Kier molecular flexibility index (Phi) is 5.28. The lowest BCUT2D eigenvalue weighted by atomic mass is 10.1. The van der Waals surface area contributed by atoms with Gasteiger partial charge in [-0.25, -0.2) is 9.78 Å². The number of nitrogens with zero attached hydrogens (tertiary/aromatic N) is 2. The van der Waals surface area contributed by atoms with E-state index in [0.29, 0.717) is 6.54 Å². The van der Waals surface area contributed by atoms with E-state index in [-0.39, 0.29) is 6.03 Å². The number of urea groups is 1. The van der Waals surface area contributed by atoms with Crippen LogP contribution < -0.4 is 5.32 Å². The van der Waals surface area contributed by atoms with E-state index in [1.54, 1.807) is 11.3 Å². The Labute approximate surface area is 141 Å². The molecule has 1 aromatic carbocycles. The van der Waals surface area contributed by atoms with Crippen molar-refractivity contribution in [2.75, 3.05) is 19.6 Å². The van der Waals surface area contributed by atoms with Gasteiger partial charge in [0.05, 0.1) is 5.69 Å². The molecule has 0 unspecified atom stereocenters. The lowest BCUT2D eigenvalue weighted by molar-refractivity contribution is 0.186. The van der Waals surface area contributed by atoms with Gasteiger partial charge in [-0.1, -0.05) is 24.3 Å².